The minimum Gasteiger partial charge on any atom is -0.493 e. The van der Waals surface area contributed by atoms with Gasteiger partial charge < -0.3 is 20.3 Å². The molecular weight excluding hydrogens is 418 g/mol. The molecule has 6 nitrogen and oxygen atoms in total. The molecule has 170 valence electrons. The van der Waals surface area contributed by atoms with Gasteiger partial charge in [0.2, 0.25) is 0 Å². The van der Waals surface area contributed by atoms with Crippen molar-refractivity contribution in [2.24, 2.45) is 0 Å². The highest BCUT2D eigenvalue weighted by atomic mass is 16.5. The molecule has 0 radical (unpaired) electrons. The third-order valence-corrected chi connectivity index (χ3v) is 4.94. The zero-order chi connectivity index (χ0) is 23.5. The van der Waals surface area contributed by atoms with Crippen molar-refractivity contribution in [1.82, 2.24) is 0 Å². The molecule has 0 aliphatic rings. The topological polar surface area (TPSA) is 95.9 Å². The molecule has 0 aliphatic heterocycles. The van der Waals surface area contributed by atoms with Crippen molar-refractivity contribution in [2.75, 3.05) is 11.9 Å². The first-order chi connectivity index (χ1) is 16.0. The van der Waals surface area contributed by atoms with E-state index in [2.05, 4.69) is 5.32 Å². The summed E-state index contributed by atoms with van der Waals surface area (Å²) in [6.45, 7) is 0.294. The van der Waals surface area contributed by atoms with Gasteiger partial charge in [0, 0.05) is 24.1 Å². The zero-order valence-electron chi connectivity index (χ0n) is 18.2. The van der Waals surface area contributed by atoms with Gasteiger partial charge in [0.15, 0.2) is 0 Å². The lowest BCUT2D eigenvalue weighted by Gasteiger charge is -2.12. The van der Waals surface area contributed by atoms with Crippen LogP contribution in [0.25, 0.3) is 6.08 Å². The van der Waals surface area contributed by atoms with Crippen molar-refractivity contribution in [3.05, 3.63) is 102 Å². The van der Waals surface area contributed by atoms with Gasteiger partial charge in [0.05, 0.1) is 12.7 Å². The van der Waals surface area contributed by atoms with E-state index in [4.69, 9.17) is 9.84 Å². The third kappa shape index (κ3) is 7.94. The summed E-state index contributed by atoms with van der Waals surface area (Å²) in [6.07, 6.45) is 3.58. The molecule has 3 aromatic rings. The first kappa shape index (κ1) is 23.8. The van der Waals surface area contributed by atoms with Gasteiger partial charge in [-0.1, -0.05) is 60.7 Å². The molecule has 0 saturated carbocycles. The average Bonchev–Trinajstić information content (AvgIpc) is 2.83. The third-order valence-electron chi connectivity index (χ3n) is 4.94. The quantitative estimate of drug-likeness (QED) is 0.394. The molecule has 0 saturated heterocycles. The van der Waals surface area contributed by atoms with E-state index < -0.39 is 12.1 Å². The zero-order valence-corrected chi connectivity index (χ0v) is 18.2. The fraction of sp³-hybridized carbons (Fsp3) is 0.185. The molecule has 0 fully saturated rings. The molecule has 6 heteroatoms. The number of aryl methyl sites for hydroxylation is 1. The Bertz CT molecular complexity index is 1090. The number of carboxylic acid groups (broad SMARTS) is 1. The maximum absolute atomic E-state index is 12.3. The number of nitrogens with one attached hydrogen (secondary N) is 1. The second-order valence-electron chi connectivity index (χ2n) is 7.51. The number of aliphatic hydroxyl groups excluding tert-OH is 1. The molecular formula is C27H27NO5. The maximum Gasteiger partial charge on any atom is 0.303 e. The van der Waals surface area contributed by atoms with Crippen LogP contribution in [0.15, 0.2) is 84.9 Å². The first-order valence-electron chi connectivity index (χ1n) is 10.8. The van der Waals surface area contributed by atoms with Crippen LogP contribution in [-0.2, 0) is 11.2 Å². The van der Waals surface area contributed by atoms with Gasteiger partial charge in [-0.15, -0.1) is 0 Å². The lowest BCUT2D eigenvalue weighted by Crippen LogP contribution is -2.11. The van der Waals surface area contributed by atoms with Crippen LogP contribution in [-0.4, -0.2) is 34.8 Å². The Hall–Kier alpha value is -3.90. The summed E-state index contributed by atoms with van der Waals surface area (Å²) in [7, 11) is 0. The molecule has 3 N–H and O–H groups in total. The van der Waals surface area contributed by atoms with Crippen molar-refractivity contribution in [1.29, 1.82) is 0 Å². The smallest absolute Gasteiger partial charge is 0.303 e. The molecule has 3 rings (SSSR count). The van der Waals surface area contributed by atoms with E-state index in [1.54, 1.807) is 30.4 Å². The van der Waals surface area contributed by atoms with E-state index in [1.807, 2.05) is 60.7 Å². The van der Waals surface area contributed by atoms with Crippen LogP contribution in [0.1, 0.15) is 34.3 Å². The number of aliphatic hydroxyl groups is 1. The summed E-state index contributed by atoms with van der Waals surface area (Å²) in [5.41, 5.74) is 2.93. The SMILES string of the molecule is O=C(O)CCc1ccccc1OCC[C@@H](O)/C=C/c1cccc(NC(=O)c2ccccc2)c1. The monoisotopic (exact) mass is 445 g/mol. The second-order valence-corrected chi connectivity index (χ2v) is 7.51. The van der Waals surface area contributed by atoms with Crippen molar-refractivity contribution < 1.29 is 24.5 Å². The van der Waals surface area contributed by atoms with Crippen molar-refractivity contribution in [3.63, 3.8) is 0 Å². The van der Waals surface area contributed by atoms with E-state index >= 15 is 0 Å². The Morgan fingerprint density at radius 1 is 0.970 bits per heavy atom. The number of amides is 1. The lowest BCUT2D eigenvalue weighted by molar-refractivity contribution is -0.136. The predicted molar refractivity (Wildman–Crippen MR) is 128 cm³/mol. The van der Waals surface area contributed by atoms with Crippen molar-refractivity contribution in [2.45, 2.75) is 25.4 Å². The molecule has 0 heterocycles. The van der Waals surface area contributed by atoms with Crippen LogP contribution in [0.2, 0.25) is 0 Å². The Morgan fingerprint density at radius 2 is 1.73 bits per heavy atom. The molecule has 0 aromatic heterocycles. The summed E-state index contributed by atoms with van der Waals surface area (Å²) in [4.78, 5) is 23.1. The minimum absolute atomic E-state index is 0.0383. The number of hydrogen-bond acceptors (Lipinski definition) is 4. The second kappa shape index (κ2) is 12.2. The summed E-state index contributed by atoms with van der Waals surface area (Å²) in [5.74, 6) is -0.400. The minimum atomic E-state index is -0.853. The van der Waals surface area contributed by atoms with E-state index in [1.165, 1.54) is 0 Å². The van der Waals surface area contributed by atoms with Crippen molar-refractivity contribution in [3.8, 4) is 5.75 Å². The van der Waals surface area contributed by atoms with Crippen LogP contribution >= 0.6 is 0 Å². The van der Waals surface area contributed by atoms with Gasteiger partial charge >= 0.3 is 5.97 Å². The molecule has 0 bridgehead atoms. The number of rotatable bonds is 11. The molecule has 0 spiro atoms. The maximum atomic E-state index is 12.3. The van der Waals surface area contributed by atoms with Gasteiger partial charge in [-0.3, -0.25) is 9.59 Å². The van der Waals surface area contributed by atoms with Crippen LogP contribution in [0.4, 0.5) is 5.69 Å². The van der Waals surface area contributed by atoms with E-state index in [-0.39, 0.29) is 12.3 Å². The number of carbonyl (C=O) groups excluding carboxylic acids is 1. The Balaban J connectivity index is 1.50. The molecule has 33 heavy (non-hydrogen) atoms. The average molecular weight is 446 g/mol. The molecule has 3 aromatic carbocycles. The highest BCUT2D eigenvalue weighted by molar-refractivity contribution is 6.04. The van der Waals surface area contributed by atoms with E-state index in [0.29, 0.717) is 36.4 Å². The Kier molecular flexibility index (Phi) is 8.79. The number of aliphatic carboxylic acids is 1. The Morgan fingerprint density at radius 3 is 2.52 bits per heavy atom. The number of anilines is 1. The number of ether oxygens (including phenoxy) is 1. The number of para-hydroxylation sites is 1. The summed E-state index contributed by atoms with van der Waals surface area (Å²) in [5, 5.41) is 22.0. The van der Waals surface area contributed by atoms with E-state index in [0.717, 1.165) is 11.1 Å². The van der Waals surface area contributed by atoms with Crippen LogP contribution in [0.5, 0.6) is 5.75 Å². The number of hydrogen-bond donors (Lipinski definition) is 3. The normalized spacial score (nSPS) is 11.8. The van der Waals surface area contributed by atoms with Crippen LogP contribution < -0.4 is 10.1 Å². The van der Waals surface area contributed by atoms with Crippen molar-refractivity contribution >= 4 is 23.6 Å². The molecule has 1 atom stereocenters. The number of carboxylic acids is 1. The summed E-state index contributed by atoms with van der Waals surface area (Å²) in [6, 6.07) is 23.7. The highest BCUT2D eigenvalue weighted by Gasteiger charge is 2.08. The van der Waals surface area contributed by atoms with Gasteiger partial charge in [0.25, 0.3) is 5.91 Å². The number of carbonyl (C=O) groups is 2. The lowest BCUT2D eigenvalue weighted by atomic mass is 10.1. The standard InChI is InChI=1S/C27H27NO5/c29-24(17-18-33-25-12-5-4-8-21(25)14-16-26(30)31)15-13-20-7-6-11-23(19-20)28-27(32)22-9-2-1-3-10-22/h1-13,15,19,24,29H,14,16-18H2,(H,28,32)(H,30,31)/b15-13+/t24-/m0/s1. The van der Waals surface area contributed by atoms with Crippen LogP contribution in [0.3, 0.4) is 0 Å². The van der Waals surface area contributed by atoms with Gasteiger partial charge in [0.1, 0.15) is 5.75 Å². The highest BCUT2D eigenvalue weighted by Crippen LogP contribution is 2.20. The number of benzene rings is 3. The van der Waals surface area contributed by atoms with Gasteiger partial charge in [-0.2, -0.15) is 0 Å². The first-order valence-corrected chi connectivity index (χ1v) is 10.8. The predicted octanol–water partition coefficient (Wildman–Crippen LogP) is 4.80. The molecule has 0 unspecified atom stereocenters. The largest absolute Gasteiger partial charge is 0.493 e. The Labute approximate surface area is 193 Å². The summed E-state index contributed by atoms with van der Waals surface area (Å²) < 4.78 is 5.76. The van der Waals surface area contributed by atoms with Gasteiger partial charge in [-0.25, -0.2) is 0 Å². The molecule has 0 aliphatic carbocycles. The van der Waals surface area contributed by atoms with Gasteiger partial charge in [-0.05, 0) is 47.9 Å². The van der Waals surface area contributed by atoms with E-state index in [9.17, 15) is 14.7 Å². The summed E-state index contributed by atoms with van der Waals surface area (Å²) >= 11 is 0. The molecule has 1 amide bonds. The fourth-order valence-corrected chi connectivity index (χ4v) is 3.21. The fourth-order valence-electron chi connectivity index (χ4n) is 3.21. The van der Waals surface area contributed by atoms with Crippen LogP contribution in [0, 0.1) is 0 Å².